The summed E-state index contributed by atoms with van der Waals surface area (Å²) in [5.41, 5.74) is 12.3. The van der Waals surface area contributed by atoms with Crippen LogP contribution in [0.4, 0.5) is 11.4 Å². The number of hydrogen-bond acceptors (Lipinski definition) is 3. The van der Waals surface area contributed by atoms with Gasteiger partial charge in [0.05, 0.1) is 0 Å². The van der Waals surface area contributed by atoms with Crippen molar-refractivity contribution in [3.05, 3.63) is 81.9 Å². The first-order valence-corrected chi connectivity index (χ1v) is 8.97. The molecule has 4 rings (SSSR count). The Kier molecular flexibility index (Phi) is 4.04. The molecule has 0 saturated carbocycles. The summed E-state index contributed by atoms with van der Waals surface area (Å²) >= 11 is 6.57. The van der Waals surface area contributed by atoms with Crippen LogP contribution in [-0.4, -0.2) is 14.1 Å². The summed E-state index contributed by atoms with van der Waals surface area (Å²) in [5.74, 6) is 1.65. The van der Waals surface area contributed by atoms with Crippen molar-refractivity contribution in [2.45, 2.75) is 12.8 Å². The van der Waals surface area contributed by atoms with Crippen LogP contribution in [-0.2, 0) is 0 Å². The normalized spacial score (nSPS) is 15.0. The average Bonchev–Trinajstić information content (AvgIpc) is 2.61. The molecule has 1 heterocycles. The van der Waals surface area contributed by atoms with Crippen LogP contribution in [0.1, 0.15) is 28.2 Å². The Labute approximate surface area is 159 Å². The SMILES string of the molecule is Cc1cc2c(cc1N)Oc1cc(N(C)C)ccc1C2c1ccccc1Cl. The van der Waals surface area contributed by atoms with Crippen LogP contribution in [0.2, 0.25) is 5.02 Å². The fourth-order valence-electron chi connectivity index (χ4n) is 3.50. The van der Waals surface area contributed by atoms with Gasteiger partial charge in [0.2, 0.25) is 0 Å². The number of benzene rings is 3. The summed E-state index contributed by atoms with van der Waals surface area (Å²) in [4.78, 5) is 2.06. The highest BCUT2D eigenvalue weighted by atomic mass is 35.5. The zero-order chi connectivity index (χ0) is 18.4. The Morgan fingerprint density at radius 3 is 2.38 bits per heavy atom. The van der Waals surface area contributed by atoms with Gasteiger partial charge in [-0.1, -0.05) is 35.9 Å². The van der Waals surface area contributed by atoms with Crippen molar-refractivity contribution in [2.75, 3.05) is 24.7 Å². The highest BCUT2D eigenvalue weighted by Gasteiger charge is 2.31. The van der Waals surface area contributed by atoms with Crippen molar-refractivity contribution in [3.63, 3.8) is 0 Å². The van der Waals surface area contributed by atoms with Gasteiger partial charge < -0.3 is 15.4 Å². The van der Waals surface area contributed by atoms with Gasteiger partial charge in [0, 0.05) is 59.7 Å². The lowest BCUT2D eigenvalue weighted by molar-refractivity contribution is 0.453. The molecule has 26 heavy (non-hydrogen) atoms. The van der Waals surface area contributed by atoms with E-state index in [2.05, 4.69) is 35.2 Å². The molecule has 1 aliphatic heterocycles. The fourth-order valence-corrected chi connectivity index (χ4v) is 3.74. The second-order valence-corrected chi connectivity index (χ2v) is 7.33. The molecule has 2 N–H and O–H groups in total. The highest BCUT2D eigenvalue weighted by Crippen LogP contribution is 2.50. The molecule has 0 amide bonds. The monoisotopic (exact) mass is 364 g/mol. The first-order valence-electron chi connectivity index (χ1n) is 8.59. The van der Waals surface area contributed by atoms with Crippen LogP contribution in [0.15, 0.2) is 54.6 Å². The maximum atomic E-state index is 6.57. The van der Waals surface area contributed by atoms with Crippen LogP contribution in [0.25, 0.3) is 0 Å². The Morgan fingerprint density at radius 1 is 0.923 bits per heavy atom. The molecule has 1 aliphatic rings. The molecule has 0 radical (unpaired) electrons. The molecule has 1 unspecified atom stereocenters. The van der Waals surface area contributed by atoms with E-state index in [1.165, 1.54) is 0 Å². The standard InChI is InChI=1S/C22H21ClN2O/c1-13-10-17-21(12-19(13)24)26-20-11-14(25(2)3)8-9-16(20)22(17)15-6-4-5-7-18(15)23/h4-12,22H,24H2,1-3H3. The third-order valence-electron chi connectivity index (χ3n) is 4.97. The minimum atomic E-state index is 0.0120. The minimum Gasteiger partial charge on any atom is -0.457 e. The van der Waals surface area contributed by atoms with Gasteiger partial charge in [0.15, 0.2) is 0 Å². The second-order valence-electron chi connectivity index (χ2n) is 6.92. The van der Waals surface area contributed by atoms with Gasteiger partial charge in [0.25, 0.3) is 0 Å². The summed E-state index contributed by atoms with van der Waals surface area (Å²) < 4.78 is 6.25. The van der Waals surface area contributed by atoms with E-state index >= 15 is 0 Å². The highest BCUT2D eigenvalue weighted by molar-refractivity contribution is 6.31. The molecular formula is C22H21ClN2O. The van der Waals surface area contributed by atoms with Gasteiger partial charge in [0.1, 0.15) is 11.5 Å². The summed E-state index contributed by atoms with van der Waals surface area (Å²) in [5, 5.41) is 0.752. The first kappa shape index (κ1) is 16.8. The molecule has 0 spiro atoms. The van der Waals surface area contributed by atoms with E-state index in [-0.39, 0.29) is 5.92 Å². The van der Waals surface area contributed by atoms with Gasteiger partial charge >= 0.3 is 0 Å². The predicted octanol–water partition coefficient (Wildman–Crippen LogP) is 5.58. The van der Waals surface area contributed by atoms with Crippen molar-refractivity contribution in [3.8, 4) is 11.5 Å². The predicted molar refractivity (Wildman–Crippen MR) is 109 cm³/mol. The number of nitrogens with zero attached hydrogens (tertiary/aromatic N) is 1. The smallest absolute Gasteiger partial charge is 0.133 e. The summed E-state index contributed by atoms with van der Waals surface area (Å²) in [6.07, 6.45) is 0. The van der Waals surface area contributed by atoms with E-state index in [0.29, 0.717) is 0 Å². The van der Waals surface area contributed by atoms with Crippen molar-refractivity contribution in [2.24, 2.45) is 0 Å². The molecular weight excluding hydrogens is 344 g/mol. The minimum absolute atomic E-state index is 0.0120. The van der Waals surface area contributed by atoms with Crippen molar-refractivity contribution in [1.29, 1.82) is 0 Å². The largest absolute Gasteiger partial charge is 0.457 e. The number of aryl methyl sites for hydroxylation is 1. The molecule has 0 aliphatic carbocycles. The zero-order valence-electron chi connectivity index (χ0n) is 15.1. The summed E-state index contributed by atoms with van der Waals surface area (Å²) in [7, 11) is 4.04. The summed E-state index contributed by atoms with van der Waals surface area (Å²) in [6.45, 7) is 2.02. The Morgan fingerprint density at radius 2 is 1.65 bits per heavy atom. The van der Waals surface area contributed by atoms with E-state index in [0.717, 1.165) is 50.2 Å². The number of halogens is 1. The number of nitrogens with two attached hydrogens (primary N) is 1. The van der Waals surface area contributed by atoms with E-state index < -0.39 is 0 Å². The number of ether oxygens (including phenoxy) is 1. The van der Waals surface area contributed by atoms with E-state index in [4.69, 9.17) is 22.1 Å². The lowest BCUT2D eigenvalue weighted by Gasteiger charge is -2.31. The molecule has 1 atom stereocenters. The summed E-state index contributed by atoms with van der Waals surface area (Å²) in [6, 6.07) is 18.3. The number of anilines is 2. The number of nitrogen functional groups attached to an aromatic ring is 1. The topological polar surface area (TPSA) is 38.5 Å². The molecule has 4 heteroatoms. The van der Waals surface area contributed by atoms with Crippen molar-refractivity contribution in [1.82, 2.24) is 0 Å². The number of fused-ring (bicyclic) bond motifs is 2. The van der Waals surface area contributed by atoms with Crippen LogP contribution in [0.3, 0.4) is 0 Å². The van der Waals surface area contributed by atoms with Gasteiger partial charge in [-0.15, -0.1) is 0 Å². The van der Waals surface area contributed by atoms with Gasteiger partial charge in [-0.2, -0.15) is 0 Å². The van der Waals surface area contributed by atoms with E-state index in [1.807, 2.05) is 45.3 Å². The molecule has 0 fully saturated rings. The number of rotatable bonds is 2. The van der Waals surface area contributed by atoms with E-state index in [1.54, 1.807) is 0 Å². The second kappa shape index (κ2) is 6.26. The molecule has 0 bridgehead atoms. The van der Waals surface area contributed by atoms with Gasteiger partial charge in [-0.25, -0.2) is 0 Å². The third kappa shape index (κ3) is 2.69. The first-order chi connectivity index (χ1) is 12.5. The molecule has 3 aromatic carbocycles. The Balaban J connectivity index is 1.98. The van der Waals surface area contributed by atoms with Crippen LogP contribution in [0, 0.1) is 6.92 Å². The zero-order valence-corrected chi connectivity index (χ0v) is 15.8. The average molecular weight is 365 g/mol. The van der Waals surface area contributed by atoms with Gasteiger partial charge in [-0.05, 0) is 36.2 Å². The van der Waals surface area contributed by atoms with Crippen molar-refractivity contribution < 1.29 is 4.74 Å². The lowest BCUT2D eigenvalue weighted by Crippen LogP contribution is -2.15. The van der Waals surface area contributed by atoms with Crippen LogP contribution in [0.5, 0.6) is 11.5 Å². The van der Waals surface area contributed by atoms with E-state index in [9.17, 15) is 0 Å². The van der Waals surface area contributed by atoms with Gasteiger partial charge in [-0.3, -0.25) is 0 Å². The maximum absolute atomic E-state index is 6.57. The number of hydrogen-bond donors (Lipinski definition) is 1. The maximum Gasteiger partial charge on any atom is 0.133 e. The Bertz CT molecular complexity index is 997. The quantitative estimate of drug-likeness (QED) is 0.472. The Hall–Kier alpha value is -2.65. The third-order valence-corrected chi connectivity index (χ3v) is 5.31. The lowest BCUT2D eigenvalue weighted by atomic mass is 9.81. The van der Waals surface area contributed by atoms with Crippen LogP contribution < -0.4 is 15.4 Å². The fraction of sp³-hybridized carbons (Fsp3) is 0.182. The molecule has 3 aromatic rings. The molecule has 132 valence electrons. The van der Waals surface area contributed by atoms with Crippen LogP contribution >= 0.6 is 11.6 Å². The molecule has 0 saturated heterocycles. The molecule has 0 aromatic heterocycles. The molecule has 3 nitrogen and oxygen atoms in total. The van der Waals surface area contributed by atoms with Crippen molar-refractivity contribution >= 4 is 23.0 Å².